The van der Waals surface area contributed by atoms with Crippen LogP contribution < -0.4 is 10.1 Å². The van der Waals surface area contributed by atoms with Gasteiger partial charge in [-0.1, -0.05) is 0 Å². The van der Waals surface area contributed by atoms with Crippen LogP contribution in [0.4, 0.5) is 0 Å². The first kappa shape index (κ1) is 14.0. The average molecular weight is 353 g/mol. The van der Waals surface area contributed by atoms with Gasteiger partial charge in [0, 0.05) is 13.1 Å². The van der Waals surface area contributed by atoms with Crippen molar-refractivity contribution in [3.8, 4) is 5.75 Å². The monoisotopic (exact) mass is 351 g/mol. The summed E-state index contributed by atoms with van der Waals surface area (Å²) in [6, 6.07) is 4.00. The van der Waals surface area contributed by atoms with Crippen molar-refractivity contribution in [2.75, 3.05) is 13.7 Å². The largest absolute Gasteiger partial charge is 0.494 e. The summed E-state index contributed by atoms with van der Waals surface area (Å²) < 4.78 is 7.05. The van der Waals surface area contributed by atoms with E-state index in [1.807, 2.05) is 12.1 Å². The summed E-state index contributed by atoms with van der Waals surface area (Å²) in [5, 5.41) is 12.3. The molecule has 2 N–H and O–H groups in total. The standard InChI is InChI=1S/C11H15Br2NO2/c1-7(15)5-14-6-8-3-9(12)11(16-2)10(13)4-8/h3-4,7,14-15H,5-6H2,1-2H3/t7-/m0/s1. The van der Waals surface area contributed by atoms with E-state index < -0.39 is 0 Å². The second-order valence-electron chi connectivity index (χ2n) is 3.57. The molecule has 0 aliphatic heterocycles. The molecule has 0 aromatic heterocycles. The molecule has 1 atom stereocenters. The van der Waals surface area contributed by atoms with E-state index in [2.05, 4.69) is 37.2 Å². The molecule has 90 valence electrons. The third-order valence-electron chi connectivity index (χ3n) is 2.03. The van der Waals surface area contributed by atoms with Gasteiger partial charge >= 0.3 is 0 Å². The maximum atomic E-state index is 9.12. The van der Waals surface area contributed by atoms with Gasteiger partial charge in [0.15, 0.2) is 0 Å². The van der Waals surface area contributed by atoms with Gasteiger partial charge in [-0.05, 0) is 56.5 Å². The number of aliphatic hydroxyl groups is 1. The highest BCUT2D eigenvalue weighted by atomic mass is 79.9. The lowest BCUT2D eigenvalue weighted by molar-refractivity contribution is 0.191. The third kappa shape index (κ3) is 4.05. The molecule has 0 bridgehead atoms. The zero-order chi connectivity index (χ0) is 12.1. The Morgan fingerprint density at radius 1 is 1.38 bits per heavy atom. The molecule has 0 aliphatic rings. The van der Waals surface area contributed by atoms with Gasteiger partial charge in [0.2, 0.25) is 0 Å². The van der Waals surface area contributed by atoms with Crippen molar-refractivity contribution in [3.05, 3.63) is 26.6 Å². The Hall–Kier alpha value is -0.100. The normalized spacial score (nSPS) is 12.6. The predicted molar refractivity (Wildman–Crippen MR) is 71.8 cm³/mol. The van der Waals surface area contributed by atoms with Crippen molar-refractivity contribution < 1.29 is 9.84 Å². The summed E-state index contributed by atoms with van der Waals surface area (Å²) in [4.78, 5) is 0. The lowest BCUT2D eigenvalue weighted by Crippen LogP contribution is -2.23. The van der Waals surface area contributed by atoms with Gasteiger partial charge in [0.05, 0.1) is 22.2 Å². The van der Waals surface area contributed by atoms with Crippen molar-refractivity contribution in [1.82, 2.24) is 5.32 Å². The number of halogens is 2. The molecule has 0 radical (unpaired) electrons. The molecule has 1 rings (SSSR count). The first-order valence-corrected chi connectivity index (χ1v) is 6.54. The van der Waals surface area contributed by atoms with Gasteiger partial charge < -0.3 is 15.2 Å². The van der Waals surface area contributed by atoms with Crippen molar-refractivity contribution in [2.24, 2.45) is 0 Å². The van der Waals surface area contributed by atoms with E-state index in [1.165, 1.54) is 0 Å². The highest BCUT2D eigenvalue weighted by molar-refractivity contribution is 9.11. The van der Waals surface area contributed by atoms with Crippen molar-refractivity contribution in [1.29, 1.82) is 0 Å². The molecular formula is C11H15Br2NO2. The predicted octanol–water partition coefficient (Wildman–Crippen LogP) is 2.69. The molecule has 0 saturated heterocycles. The minimum atomic E-state index is -0.329. The molecule has 0 spiro atoms. The van der Waals surface area contributed by atoms with Gasteiger partial charge in [0.1, 0.15) is 5.75 Å². The molecule has 16 heavy (non-hydrogen) atoms. The average Bonchev–Trinajstić information content (AvgIpc) is 2.16. The quantitative estimate of drug-likeness (QED) is 0.856. The Kier molecular flexibility index (Phi) is 5.75. The highest BCUT2D eigenvalue weighted by Crippen LogP contribution is 2.34. The lowest BCUT2D eigenvalue weighted by atomic mass is 10.2. The van der Waals surface area contributed by atoms with Crippen LogP contribution in [0.5, 0.6) is 5.75 Å². The van der Waals surface area contributed by atoms with Gasteiger partial charge in [0.25, 0.3) is 0 Å². The van der Waals surface area contributed by atoms with Crippen LogP contribution in [-0.4, -0.2) is 24.9 Å². The summed E-state index contributed by atoms with van der Waals surface area (Å²) in [7, 11) is 1.64. The molecule has 0 saturated carbocycles. The van der Waals surface area contributed by atoms with Gasteiger partial charge in [-0.3, -0.25) is 0 Å². The summed E-state index contributed by atoms with van der Waals surface area (Å²) in [5.41, 5.74) is 1.13. The van der Waals surface area contributed by atoms with E-state index in [-0.39, 0.29) is 6.10 Å². The van der Waals surface area contributed by atoms with Crippen LogP contribution in [0.25, 0.3) is 0 Å². The summed E-state index contributed by atoms with van der Waals surface area (Å²) in [6.45, 7) is 3.06. The molecule has 0 unspecified atom stereocenters. The van der Waals surface area contributed by atoms with E-state index in [0.29, 0.717) is 13.1 Å². The fraction of sp³-hybridized carbons (Fsp3) is 0.455. The Labute approximate surface area is 112 Å². The number of ether oxygens (including phenoxy) is 1. The summed E-state index contributed by atoms with van der Waals surface area (Å²) in [5.74, 6) is 0.791. The molecule has 1 aromatic carbocycles. The van der Waals surface area contributed by atoms with E-state index in [4.69, 9.17) is 9.84 Å². The highest BCUT2D eigenvalue weighted by Gasteiger charge is 2.07. The van der Waals surface area contributed by atoms with Gasteiger partial charge in [-0.2, -0.15) is 0 Å². The van der Waals surface area contributed by atoms with E-state index in [9.17, 15) is 0 Å². The molecule has 0 aliphatic carbocycles. The van der Waals surface area contributed by atoms with Crippen molar-refractivity contribution >= 4 is 31.9 Å². The van der Waals surface area contributed by atoms with Crippen LogP contribution in [0.15, 0.2) is 21.1 Å². The van der Waals surface area contributed by atoms with E-state index in [0.717, 1.165) is 20.3 Å². The maximum absolute atomic E-state index is 9.12. The fourth-order valence-corrected chi connectivity index (χ4v) is 2.94. The molecule has 3 nitrogen and oxygen atoms in total. The molecule has 1 aromatic rings. The number of hydrogen-bond donors (Lipinski definition) is 2. The van der Waals surface area contributed by atoms with Crippen molar-refractivity contribution in [2.45, 2.75) is 19.6 Å². The Morgan fingerprint density at radius 2 is 1.94 bits per heavy atom. The second-order valence-corrected chi connectivity index (χ2v) is 5.28. The third-order valence-corrected chi connectivity index (χ3v) is 3.21. The first-order chi connectivity index (χ1) is 7.54. The maximum Gasteiger partial charge on any atom is 0.147 e. The molecule has 0 heterocycles. The Bertz CT molecular complexity index is 333. The van der Waals surface area contributed by atoms with E-state index >= 15 is 0 Å². The lowest BCUT2D eigenvalue weighted by Gasteiger charge is -2.10. The summed E-state index contributed by atoms with van der Waals surface area (Å²) in [6.07, 6.45) is -0.329. The molecule has 0 amide bonds. The van der Waals surface area contributed by atoms with Crippen LogP contribution in [-0.2, 0) is 6.54 Å². The summed E-state index contributed by atoms with van der Waals surface area (Å²) >= 11 is 6.89. The number of benzene rings is 1. The number of hydrogen-bond acceptors (Lipinski definition) is 3. The van der Waals surface area contributed by atoms with Crippen LogP contribution in [0, 0.1) is 0 Å². The SMILES string of the molecule is COc1c(Br)cc(CNC[C@H](C)O)cc1Br. The minimum absolute atomic E-state index is 0.329. The number of rotatable bonds is 5. The van der Waals surface area contributed by atoms with Crippen LogP contribution in [0.1, 0.15) is 12.5 Å². The zero-order valence-corrected chi connectivity index (χ0v) is 12.4. The van der Waals surface area contributed by atoms with Crippen LogP contribution in [0.3, 0.4) is 0 Å². The Balaban J connectivity index is 2.68. The first-order valence-electron chi connectivity index (χ1n) is 4.95. The van der Waals surface area contributed by atoms with Crippen molar-refractivity contribution in [3.63, 3.8) is 0 Å². The Morgan fingerprint density at radius 3 is 2.38 bits per heavy atom. The number of aliphatic hydroxyl groups excluding tert-OH is 1. The minimum Gasteiger partial charge on any atom is -0.494 e. The fourth-order valence-electron chi connectivity index (χ4n) is 1.33. The van der Waals surface area contributed by atoms with Crippen LogP contribution in [0.2, 0.25) is 0 Å². The van der Waals surface area contributed by atoms with Gasteiger partial charge in [-0.25, -0.2) is 0 Å². The molecule has 5 heteroatoms. The molecular weight excluding hydrogens is 338 g/mol. The smallest absolute Gasteiger partial charge is 0.147 e. The number of nitrogens with one attached hydrogen (secondary N) is 1. The second kappa shape index (κ2) is 6.59. The van der Waals surface area contributed by atoms with Crippen LogP contribution >= 0.6 is 31.9 Å². The van der Waals surface area contributed by atoms with E-state index in [1.54, 1.807) is 14.0 Å². The topological polar surface area (TPSA) is 41.5 Å². The zero-order valence-electron chi connectivity index (χ0n) is 9.26. The molecule has 0 fully saturated rings. The number of methoxy groups -OCH3 is 1. The van der Waals surface area contributed by atoms with Gasteiger partial charge in [-0.15, -0.1) is 0 Å².